The molecule has 16 heavy (non-hydrogen) atoms. The number of hydrogen-bond acceptors (Lipinski definition) is 3. The molecule has 0 bridgehead atoms. The van der Waals surface area contributed by atoms with E-state index < -0.39 is 0 Å². The van der Waals surface area contributed by atoms with Crippen LogP contribution in [-0.4, -0.2) is 18.2 Å². The summed E-state index contributed by atoms with van der Waals surface area (Å²) in [5, 5.41) is 8.85. The highest BCUT2D eigenvalue weighted by molar-refractivity contribution is 9.10. The first-order valence-electron chi connectivity index (χ1n) is 4.63. The number of nitrogens with zero attached hydrogens (tertiary/aromatic N) is 2. The molecule has 0 unspecified atom stereocenters. The molecule has 5 heteroatoms. The van der Waals surface area contributed by atoms with Crippen LogP contribution in [0, 0.1) is 11.3 Å². The second-order valence-electron chi connectivity index (χ2n) is 3.47. The summed E-state index contributed by atoms with van der Waals surface area (Å²) in [6.45, 7) is 0.103. The van der Waals surface area contributed by atoms with E-state index in [2.05, 4.69) is 15.9 Å². The van der Waals surface area contributed by atoms with E-state index in [0.29, 0.717) is 15.7 Å². The van der Waals surface area contributed by atoms with E-state index in [1.807, 2.05) is 6.07 Å². The summed E-state index contributed by atoms with van der Waals surface area (Å²) < 4.78 is 0.678. The Labute approximate surface area is 101 Å². The van der Waals surface area contributed by atoms with Crippen molar-refractivity contribution in [2.75, 3.05) is 11.4 Å². The predicted molar refractivity (Wildman–Crippen MR) is 60.8 cm³/mol. The molecule has 4 nitrogen and oxygen atoms in total. The van der Waals surface area contributed by atoms with E-state index >= 15 is 0 Å². The topological polar surface area (TPSA) is 61.2 Å². The van der Waals surface area contributed by atoms with Crippen molar-refractivity contribution in [2.45, 2.75) is 6.42 Å². The van der Waals surface area contributed by atoms with Gasteiger partial charge in [0, 0.05) is 10.2 Å². The number of anilines is 1. The van der Waals surface area contributed by atoms with Gasteiger partial charge in [-0.2, -0.15) is 5.26 Å². The summed E-state index contributed by atoms with van der Waals surface area (Å²) in [6, 6.07) is 7.02. The third kappa shape index (κ3) is 1.84. The van der Waals surface area contributed by atoms with Crippen LogP contribution >= 0.6 is 15.9 Å². The van der Waals surface area contributed by atoms with Gasteiger partial charge < -0.3 is 4.90 Å². The summed E-state index contributed by atoms with van der Waals surface area (Å²) >= 11 is 3.23. The average molecular weight is 279 g/mol. The third-order valence-electron chi connectivity index (χ3n) is 2.37. The van der Waals surface area contributed by atoms with Gasteiger partial charge in [0.05, 0.1) is 18.5 Å². The zero-order valence-electron chi connectivity index (χ0n) is 8.24. The van der Waals surface area contributed by atoms with Crippen molar-refractivity contribution >= 4 is 33.3 Å². The van der Waals surface area contributed by atoms with Crippen molar-refractivity contribution in [2.24, 2.45) is 0 Å². The number of carbonyl (C=O) groups is 2. The first-order chi connectivity index (χ1) is 7.61. The molecule has 1 amide bonds. The Hall–Kier alpha value is -1.67. The van der Waals surface area contributed by atoms with Crippen molar-refractivity contribution in [1.29, 1.82) is 5.26 Å². The first kappa shape index (κ1) is 10.8. The number of ketones is 1. The third-order valence-corrected chi connectivity index (χ3v) is 3.06. The number of amides is 1. The van der Waals surface area contributed by atoms with Crippen molar-refractivity contribution in [1.82, 2.24) is 0 Å². The van der Waals surface area contributed by atoms with E-state index in [0.717, 1.165) is 0 Å². The minimum atomic E-state index is -0.212. The number of benzene rings is 1. The van der Waals surface area contributed by atoms with Crippen molar-refractivity contribution in [3.63, 3.8) is 0 Å². The Bertz CT molecular complexity index is 519. The number of Topliss-reactive ketones (excluding diaryl/α,β-unsaturated/α-hetero) is 1. The summed E-state index contributed by atoms with van der Waals surface area (Å²) in [6.07, 6.45) is -0.0437. The van der Waals surface area contributed by atoms with Gasteiger partial charge in [-0.3, -0.25) is 9.59 Å². The maximum Gasteiger partial charge on any atom is 0.234 e. The van der Waals surface area contributed by atoms with Gasteiger partial charge in [0.1, 0.15) is 6.07 Å². The fourth-order valence-electron chi connectivity index (χ4n) is 1.59. The highest BCUT2D eigenvalue weighted by Crippen LogP contribution is 2.25. The monoisotopic (exact) mass is 278 g/mol. The molecule has 1 aromatic carbocycles. The van der Waals surface area contributed by atoms with Gasteiger partial charge in [0.2, 0.25) is 5.91 Å². The average Bonchev–Trinajstić information content (AvgIpc) is 2.59. The molecule has 80 valence electrons. The molecule has 0 spiro atoms. The summed E-state index contributed by atoms with van der Waals surface area (Å²) in [5.74, 6) is -0.303. The quantitative estimate of drug-likeness (QED) is 0.734. The normalized spacial score (nSPS) is 15.4. The standard InChI is InChI=1S/C11H7BrN2O2/c12-10-2-1-8(3-7(10)5-13)14-6-9(15)4-11(14)16/h1-3H,4,6H2. The van der Waals surface area contributed by atoms with E-state index in [1.54, 1.807) is 18.2 Å². The Morgan fingerprint density at radius 3 is 2.69 bits per heavy atom. The fraction of sp³-hybridized carbons (Fsp3) is 0.182. The van der Waals surface area contributed by atoms with Gasteiger partial charge in [-0.15, -0.1) is 0 Å². The van der Waals surface area contributed by atoms with Crippen LogP contribution in [0.15, 0.2) is 22.7 Å². The van der Waals surface area contributed by atoms with Gasteiger partial charge in [0.15, 0.2) is 5.78 Å². The molecule has 0 aromatic heterocycles. The highest BCUT2D eigenvalue weighted by atomic mass is 79.9. The summed E-state index contributed by atoms with van der Waals surface area (Å²) in [4.78, 5) is 24.0. The van der Waals surface area contributed by atoms with Crippen LogP contribution < -0.4 is 4.90 Å². The van der Waals surface area contributed by atoms with Gasteiger partial charge in [0.25, 0.3) is 0 Å². The number of hydrogen-bond donors (Lipinski definition) is 0. The van der Waals surface area contributed by atoms with Crippen molar-refractivity contribution < 1.29 is 9.59 Å². The molecule has 1 aliphatic rings. The zero-order chi connectivity index (χ0) is 11.7. The van der Waals surface area contributed by atoms with Crippen molar-refractivity contribution in [3.8, 4) is 6.07 Å². The predicted octanol–water partition coefficient (Wildman–Crippen LogP) is 1.63. The molecule has 1 aliphatic heterocycles. The molecule has 1 fully saturated rings. The maximum absolute atomic E-state index is 11.5. The number of nitriles is 1. The van der Waals surface area contributed by atoms with E-state index in [-0.39, 0.29) is 24.7 Å². The van der Waals surface area contributed by atoms with E-state index in [1.165, 1.54) is 4.90 Å². The molecular formula is C11H7BrN2O2. The Morgan fingerprint density at radius 1 is 1.38 bits per heavy atom. The van der Waals surface area contributed by atoms with Gasteiger partial charge in [-0.1, -0.05) is 0 Å². The summed E-state index contributed by atoms with van der Waals surface area (Å²) in [5.41, 5.74) is 1.04. The Balaban J connectivity index is 2.39. The van der Waals surface area contributed by atoms with E-state index in [4.69, 9.17) is 5.26 Å². The molecule has 1 aromatic rings. The second-order valence-corrected chi connectivity index (χ2v) is 4.33. The molecule has 1 saturated heterocycles. The van der Waals surface area contributed by atoms with Crippen LogP contribution in [0.4, 0.5) is 5.69 Å². The number of halogens is 1. The van der Waals surface area contributed by atoms with Crippen LogP contribution in [-0.2, 0) is 9.59 Å². The van der Waals surface area contributed by atoms with Crippen LogP contribution in [0.3, 0.4) is 0 Å². The lowest BCUT2D eigenvalue weighted by Gasteiger charge is -2.14. The SMILES string of the molecule is N#Cc1cc(N2CC(=O)CC2=O)ccc1Br. The highest BCUT2D eigenvalue weighted by Gasteiger charge is 2.28. The number of rotatable bonds is 1. The minimum Gasteiger partial charge on any atom is -0.305 e. The smallest absolute Gasteiger partial charge is 0.234 e. The lowest BCUT2D eigenvalue weighted by Crippen LogP contribution is -2.24. The van der Waals surface area contributed by atoms with Gasteiger partial charge in [-0.25, -0.2) is 0 Å². The molecule has 2 rings (SSSR count). The van der Waals surface area contributed by atoms with Crippen LogP contribution in [0.25, 0.3) is 0 Å². The minimum absolute atomic E-state index is 0.0437. The van der Waals surface area contributed by atoms with E-state index in [9.17, 15) is 9.59 Å². The molecule has 1 heterocycles. The zero-order valence-corrected chi connectivity index (χ0v) is 9.82. The number of carbonyl (C=O) groups excluding carboxylic acids is 2. The first-order valence-corrected chi connectivity index (χ1v) is 5.43. The molecule has 0 saturated carbocycles. The summed E-state index contributed by atoms with van der Waals surface area (Å²) in [7, 11) is 0. The Morgan fingerprint density at radius 2 is 2.12 bits per heavy atom. The van der Waals surface area contributed by atoms with Crippen LogP contribution in [0.5, 0.6) is 0 Å². The van der Waals surface area contributed by atoms with Crippen molar-refractivity contribution in [3.05, 3.63) is 28.2 Å². The van der Waals surface area contributed by atoms with Crippen LogP contribution in [0.2, 0.25) is 0 Å². The molecular weight excluding hydrogens is 272 g/mol. The Kier molecular flexibility index (Phi) is 2.75. The largest absolute Gasteiger partial charge is 0.305 e. The van der Waals surface area contributed by atoms with Gasteiger partial charge >= 0.3 is 0 Å². The molecule has 0 aliphatic carbocycles. The van der Waals surface area contributed by atoms with Gasteiger partial charge in [-0.05, 0) is 34.1 Å². The second kappa shape index (κ2) is 4.06. The molecule has 0 N–H and O–H groups in total. The lowest BCUT2D eigenvalue weighted by molar-refractivity contribution is -0.121. The molecule has 0 atom stereocenters. The molecule has 0 radical (unpaired) electrons. The van der Waals surface area contributed by atoms with Crippen LogP contribution in [0.1, 0.15) is 12.0 Å². The lowest BCUT2D eigenvalue weighted by atomic mass is 10.2. The maximum atomic E-state index is 11.5. The fourth-order valence-corrected chi connectivity index (χ4v) is 1.92.